The van der Waals surface area contributed by atoms with E-state index >= 15 is 0 Å². The zero-order valence-electron chi connectivity index (χ0n) is 11.7. The predicted molar refractivity (Wildman–Crippen MR) is 83.6 cm³/mol. The molecule has 2 aromatic rings. The number of likely N-dealkylation sites (N-methyl/N-ethyl adjacent to an activating group) is 1. The van der Waals surface area contributed by atoms with E-state index in [1.54, 1.807) is 0 Å². The Bertz CT molecular complexity index is 479. The number of nitrogens with zero attached hydrogens (tertiary/aromatic N) is 1. The Morgan fingerprint density at radius 3 is 2.74 bits per heavy atom. The molecule has 0 spiro atoms. The Kier molecular flexibility index (Phi) is 5.58. The molecule has 0 amide bonds. The Morgan fingerprint density at radius 1 is 1.16 bits per heavy atom. The first kappa shape index (κ1) is 14.3. The van der Waals surface area contributed by atoms with Gasteiger partial charge >= 0.3 is 0 Å². The number of rotatable bonds is 7. The van der Waals surface area contributed by atoms with Crippen molar-refractivity contribution in [3.63, 3.8) is 0 Å². The second-order valence-electron chi connectivity index (χ2n) is 4.92. The number of benzene rings is 1. The molecule has 2 rings (SSSR count). The van der Waals surface area contributed by atoms with Crippen LogP contribution in [0.15, 0.2) is 41.8 Å². The van der Waals surface area contributed by atoms with Crippen LogP contribution >= 0.6 is 11.3 Å². The van der Waals surface area contributed by atoms with Gasteiger partial charge in [-0.15, -0.1) is 11.3 Å². The predicted octanol–water partition coefficient (Wildman–Crippen LogP) is 3.14. The van der Waals surface area contributed by atoms with Gasteiger partial charge in [-0.1, -0.05) is 30.3 Å². The van der Waals surface area contributed by atoms with Crippen LogP contribution in [-0.2, 0) is 19.5 Å². The second kappa shape index (κ2) is 7.43. The minimum Gasteiger partial charge on any atom is -0.316 e. The van der Waals surface area contributed by atoms with Crippen molar-refractivity contribution in [3.8, 4) is 0 Å². The fourth-order valence-electron chi connectivity index (χ4n) is 2.19. The van der Waals surface area contributed by atoms with Crippen LogP contribution in [0, 0.1) is 0 Å². The molecule has 0 aliphatic heterocycles. The smallest absolute Gasteiger partial charge is 0.0230 e. The molecule has 0 bridgehead atoms. The Balaban J connectivity index is 1.84. The summed E-state index contributed by atoms with van der Waals surface area (Å²) in [5.74, 6) is 0. The van der Waals surface area contributed by atoms with E-state index in [-0.39, 0.29) is 0 Å². The van der Waals surface area contributed by atoms with Crippen molar-refractivity contribution in [1.82, 2.24) is 10.2 Å². The zero-order valence-corrected chi connectivity index (χ0v) is 12.5. The van der Waals surface area contributed by atoms with Crippen LogP contribution in [0.1, 0.15) is 16.0 Å². The largest absolute Gasteiger partial charge is 0.316 e. The first-order valence-corrected chi connectivity index (χ1v) is 7.59. The monoisotopic (exact) mass is 274 g/mol. The molecule has 3 heteroatoms. The van der Waals surface area contributed by atoms with Crippen LogP contribution in [0.3, 0.4) is 0 Å². The maximum Gasteiger partial charge on any atom is 0.0230 e. The number of hydrogen-bond acceptors (Lipinski definition) is 3. The van der Waals surface area contributed by atoms with E-state index in [4.69, 9.17) is 0 Å². The van der Waals surface area contributed by atoms with Crippen molar-refractivity contribution in [2.45, 2.75) is 19.5 Å². The van der Waals surface area contributed by atoms with Crippen molar-refractivity contribution in [2.75, 3.05) is 20.6 Å². The standard InChI is InChI=1S/C16H22N2S/c1-17-12-14-5-3-6-15(11-14)13-18(2)9-8-16-7-4-10-19-16/h3-7,10-11,17H,8-9,12-13H2,1-2H3. The lowest BCUT2D eigenvalue weighted by Gasteiger charge is -2.16. The van der Waals surface area contributed by atoms with Crippen LogP contribution in [-0.4, -0.2) is 25.5 Å². The van der Waals surface area contributed by atoms with Crippen molar-refractivity contribution in [1.29, 1.82) is 0 Å². The minimum atomic E-state index is 0.937. The van der Waals surface area contributed by atoms with Crippen LogP contribution in [0.5, 0.6) is 0 Å². The maximum atomic E-state index is 3.20. The highest BCUT2D eigenvalue weighted by Crippen LogP contribution is 2.11. The average Bonchev–Trinajstić information content (AvgIpc) is 2.90. The van der Waals surface area contributed by atoms with Gasteiger partial charge in [-0.3, -0.25) is 0 Å². The lowest BCUT2D eigenvalue weighted by molar-refractivity contribution is 0.332. The van der Waals surface area contributed by atoms with Crippen LogP contribution < -0.4 is 5.32 Å². The van der Waals surface area contributed by atoms with Gasteiger partial charge in [0.05, 0.1) is 0 Å². The molecule has 0 aliphatic rings. The molecular weight excluding hydrogens is 252 g/mol. The highest BCUT2D eigenvalue weighted by atomic mass is 32.1. The van der Waals surface area contributed by atoms with Gasteiger partial charge in [0.25, 0.3) is 0 Å². The van der Waals surface area contributed by atoms with Gasteiger partial charge in [-0.2, -0.15) is 0 Å². The molecule has 2 nitrogen and oxygen atoms in total. The zero-order chi connectivity index (χ0) is 13.5. The molecule has 0 aliphatic carbocycles. The van der Waals surface area contributed by atoms with Gasteiger partial charge in [0.1, 0.15) is 0 Å². The average molecular weight is 274 g/mol. The van der Waals surface area contributed by atoms with Gasteiger partial charge in [0.15, 0.2) is 0 Å². The lowest BCUT2D eigenvalue weighted by Crippen LogP contribution is -2.20. The fraction of sp³-hybridized carbons (Fsp3) is 0.375. The van der Waals surface area contributed by atoms with Crippen molar-refractivity contribution in [3.05, 3.63) is 57.8 Å². The van der Waals surface area contributed by atoms with Crippen molar-refractivity contribution in [2.24, 2.45) is 0 Å². The molecule has 0 unspecified atom stereocenters. The molecule has 19 heavy (non-hydrogen) atoms. The summed E-state index contributed by atoms with van der Waals surface area (Å²) in [5, 5.41) is 5.35. The Hall–Kier alpha value is -1.16. The summed E-state index contributed by atoms with van der Waals surface area (Å²) in [6.07, 6.45) is 1.14. The van der Waals surface area contributed by atoms with Gasteiger partial charge < -0.3 is 10.2 Å². The second-order valence-corrected chi connectivity index (χ2v) is 5.95. The van der Waals surface area contributed by atoms with E-state index in [0.717, 1.165) is 26.1 Å². The first-order valence-electron chi connectivity index (χ1n) is 6.71. The molecule has 0 saturated heterocycles. The van der Waals surface area contributed by atoms with Crippen molar-refractivity contribution < 1.29 is 0 Å². The topological polar surface area (TPSA) is 15.3 Å². The van der Waals surface area contributed by atoms with Gasteiger partial charge in [0, 0.05) is 24.5 Å². The van der Waals surface area contributed by atoms with E-state index in [1.807, 2.05) is 18.4 Å². The van der Waals surface area contributed by atoms with Crippen LogP contribution in [0.2, 0.25) is 0 Å². The van der Waals surface area contributed by atoms with Crippen LogP contribution in [0.4, 0.5) is 0 Å². The normalized spacial score (nSPS) is 11.1. The molecule has 0 saturated carbocycles. The molecule has 1 heterocycles. The molecule has 0 radical (unpaired) electrons. The third-order valence-corrected chi connectivity index (χ3v) is 4.08. The maximum absolute atomic E-state index is 3.20. The Morgan fingerprint density at radius 2 is 2.00 bits per heavy atom. The molecule has 0 fully saturated rings. The SMILES string of the molecule is CNCc1cccc(CN(C)CCc2cccs2)c1. The molecule has 0 atom stereocenters. The number of hydrogen-bond donors (Lipinski definition) is 1. The van der Waals surface area contributed by atoms with Crippen LogP contribution in [0.25, 0.3) is 0 Å². The lowest BCUT2D eigenvalue weighted by atomic mass is 10.1. The summed E-state index contributed by atoms with van der Waals surface area (Å²) >= 11 is 1.85. The fourth-order valence-corrected chi connectivity index (χ4v) is 2.89. The summed E-state index contributed by atoms with van der Waals surface area (Å²) in [4.78, 5) is 3.86. The highest BCUT2D eigenvalue weighted by molar-refractivity contribution is 7.09. The molecule has 1 N–H and O–H groups in total. The summed E-state index contributed by atoms with van der Waals surface area (Å²) in [5.41, 5.74) is 2.74. The summed E-state index contributed by atoms with van der Waals surface area (Å²) in [6, 6.07) is 13.2. The number of nitrogens with one attached hydrogen (secondary N) is 1. The third kappa shape index (κ3) is 4.78. The highest BCUT2D eigenvalue weighted by Gasteiger charge is 2.02. The van der Waals surface area contributed by atoms with E-state index in [2.05, 4.69) is 59.0 Å². The summed E-state index contributed by atoms with van der Waals surface area (Å²) < 4.78 is 0. The number of thiophene rings is 1. The Labute approximate surface area is 120 Å². The molecule has 102 valence electrons. The van der Waals surface area contributed by atoms with E-state index in [1.165, 1.54) is 16.0 Å². The molecule has 1 aromatic carbocycles. The first-order chi connectivity index (χ1) is 9.28. The van der Waals surface area contributed by atoms with Gasteiger partial charge in [0.2, 0.25) is 0 Å². The molecular formula is C16H22N2S. The van der Waals surface area contributed by atoms with E-state index < -0.39 is 0 Å². The summed E-state index contributed by atoms with van der Waals surface area (Å²) in [7, 11) is 4.18. The van der Waals surface area contributed by atoms with Gasteiger partial charge in [-0.05, 0) is 43.1 Å². The van der Waals surface area contributed by atoms with Crippen molar-refractivity contribution >= 4 is 11.3 Å². The van der Waals surface area contributed by atoms with Gasteiger partial charge in [-0.25, -0.2) is 0 Å². The van der Waals surface area contributed by atoms with E-state index in [9.17, 15) is 0 Å². The molecule has 1 aromatic heterocycles. The third-order valence-electron chi connectivity index (χ3n) is 3.14. The van der Waals surface area contributed by atoms with E-state index in [0.29, 0.717) is 0 Å². The quantitative estimate of drug-likeness (QED) is 0.834. The summed E-state index contributed by atoms with van der Waals surface area (Å²) in [6.45, 7) is 3.06. The minimum absolute atomic E-state index is 0.937.